The Morgan fingerprint density at radius 1 is 0.273 bits per heavy atom. The largest absolute Gasteiger partial charge is 0.738 e. The molecule has 0 saturated heterocycles. The normalized spacial score (nSPS) is 14.6. The molecule has 0 bridgehead atoms. The van der Waals surface area contributed by atoms with Crippen molar-refractivity contribution in [3.05, 3.63) is 262 Å². The second-order valence-electron chi connectivity index (χ2n) is 20.8. The maximum atomic E-state index is 19.7. The van der Waals surface area contributed by atoms with Crippen molar-refractivity contribution in [3.8, 4) is 55.8 Å². The van der Waals surface area contributed by atoms with Crippen molar-refractivity contribution in [1.82, 2.24) is 4.48 Å². The highest BCUT2D eigenvalue weighted by molar-refractivity contribution is 6.61. The van der Waals surface area contributed by atoms with Gasteiger partial charge in [0.2, 0.25) is 0 Å². The minimum atomic E-state index is -5.68. The second kappa shape index (κ2) is 20.3. The van der Waals surface area contributed by atoms with Crippen molar-refractivity contribution >= 4 is 34.7 Å². The van der Waals surface area contributed by atoms with E-state index in [0.29, 0.717) is 81.8 Å². The van der Waals surface area contributed by atoms with Gasteiger partial charge in [-0.1, -0.05) is 91.0 Å². The van der Waals surface area contributed by atoms with E-state index in [-0.39, 0.29) is 88.7 Å². The van der Waals surface area contributed by atoms with E-state index in [9.17, 15) is 79.0 Å². The van der Waals surface area contributed by atoms with Crippen LogP contribution in [-0.4, -0.2) is 21.6 Å². The van der Waals surface area contributed by atoms with Gasteiger partial charge in [-0.05, 0) is 165 Å². The van der Waals surface area contributed by atoms with E-state index in [0.717, 1.165) is 72.8 Å². The summed E-state index contributed by atoms with van der Waals surface area (Å²) >= 11 is 0. The zero-order valence-corrected chi connectivity index (χ0v) is 44.1. The van der Waals surface area contributed by atoms with Crippen molar-refractivity contribution in [2.24, 2.45) is 0 Å². The lowest BCUT2D eigenvalue weighted by molar-refractivity contribution is -0.317. The van der Waals surface area contributed by atoms with Gasteiger partial charge >= 0.3 is 44.0 Å². The molecule has 1 aromatic heterocycles. The molecule has 0 atom stereocenters. The van der Waals surface area contributed by atoms with Crippen molar-refractivity contribution in [2.75, 3.05) is 0 Å². The van der Waals surface area contributed by atoms with Crippen LogP contribution in [0.15, 0.2) is 200 Å². The Balaban J connectivity index is 1.27. The van der Waals surface area contributed by atoms with Crippen LogP contribution in [0.2, 0.25) is 0 Å². The minimum absolute atomic E-state index is 0.0365. The van der Waals surface area contributed by atoms with Crippen LogP contribution in [0.25, 0.3) is 77.8 Å². The van der Waals surface area contributed by atoms with Crippen LogP contribution >= 0.6 is 0 Å². The molecule has 0 amide bonds. The van der Waals surface area contributed by atoms with E-state index >= 15 is 8.63 Å². The molecule has 23 heteroatoms. The van der Waals surface area contributed by atoms with Crippen LogP contribution in [0, 0.1) is 0 Å². The topological polar surface area (TPSA) is 7.94 Å². The summed E-state index contributed by atoms with van der Waals surface area (Å²) < 4.78 is 296. The monoisotopic (exact) mass is 1230 g/mol. The van der Waals surface area contributed by atoms with Crippen molar-refractivity contribution in [2.45, 2.75) is 37.1 Å². The van der Waals surface area contributed by atoms with Crippen LogP contribution in [0.5, 0.6) is 0 Å². The molecule has 0 N–H and O–H groups in total. The van der Waals surface area contributed by atoms with E-state index in [1.165, 1.54) is 48.5 Å². The van der Waals surface area contributed by atoms with E-state index in [2.05, 4.69) is 0 Å². The van der Waals surface area contributed by atoms with Gasteiger partial charge in [-0.25, -0.2) is 0 Å². The fourth-order valence-electron chi connectivity index (χ4n) is 11.5. The summed E-state index contributed by atoms with van der Waals surface area (Å²) in [5.41, 5.74) is -10.4. The van der Waals surface area contributed by atoms with Gasteiger partial charge in [0.05, 0.1) is 50.1 Å². The summed E-state index contributed by atoms with van der Waals surface area (Å²) in [6.45, 7) is -5.68. The number of nitrogens with zero attached hydrogens (tertiary/aromatic N) is 2. The molecular weight excluding hydrogens is 1200 g/mol. The van der Waals surface area contributed by atoms with E-state index < -0.39 is 100 Å². The number of halogens is 20. The predicted molar refractivity (Wildman–Crippen MR) is 291 cm³/mol. The molecule has 0 radical (unpaired) electrons. The lowest BCUT2D eigenvalue weighted by atomic mass is 9.82. The average Bonchev–Trinajstić information content (AvgIpc) is 1.52. The molecular formula is C65H33BF20N2. The van der Waals surface area contributed by atoms with Gasteiger partial charge in [-0.2, -0.15) is 79.0 Å². The number of fused-ring (bicyclic) bond motifs is 6. The van der Waals surface area contributed by atoms with Crippen molar-refractivity contribution in [1.29, 1.82) is 0 Å². The van der Waals surface area contributed by atoms with E-state index in [4.69, 9.17) is 0 Å². The molecule has 0 saturated carbocycles. The van der Waals surface area contributed by atoms with Crippen LogP contribution < -0.4 is 0 Å². The number of hydrogen-bond acceptors (Lipinski definition) is 0. The maximum absolute atomic E-state index is 19.7. The lowest BCUT2D eigenvalue weighted by Gasteiger charge is -2.34. The second-order valence-corrected chi connectivity index (χ2v) is 20.8. The minimum Gasteiger partial charge on any atom is -0.389 e. The number of benzene rings is 9. The summed E-state index contributed by atoms with van der Waals surface area (Å²) in [6.07, 6.45) is -29.5. The first-order valence-corrected chi connectivity index (χ1v) is 26.1. The van der Waals surface area contributed by atoms with Crippen molar-refractivity contribution in [3.63, 3.8) is 0 Å². The molecule has 2 nitrogen and oxygen atoms in total. The SMILES string of the molecule is F[B-]1(F)n2c(c3cc(-c4ccc(C(F)(F)F)cc4)c(-c4ccc(C(F)(F)F)cc4)cc3c2-c2ccc(C(F)(F)F)cc2)C(c2ccccc2)=C2c3cc(-c4ccc(C(F)(F)F)cc4)c(-c4ccc(C(F)(F)F)cc4)cc3C(c3ccc(C(F)(F)F)cc3)=[N+]21. The Bertz CT molecular complexity index is 4450. The summed E-state index contributed by atoms with van der Waals surface area (Å²) in [4.78, 5) is 0. The van der Waals surface area contributed by atoms with Gasteiger partial charge in [-0.15, -0.1) is 0 Å². The lowest BCUT2D eigenvalue weighted by Crippen LogP contribution is -2.51. The Labute approximate surface area is 484 Å². The van der Waals surface area contributed by atoms with Gasteiger partial charge in [0.25, 0.3) is 0 Å². The number of alkyl halides is 18. The third kappa shape index (κ3) is 10.3. The molecule has 2 aliphatic rings. The highest BCUT2D eigenvalue weighted by Gasteiger charge is 2.59. The molecule has 446 valence electrons. The quantitative estimate of drug-likeness (QED) is 0.111. The fourth-order valence-corrected chi connectivity index (χ4v) is 11.5. The smallest absolute Gasteiger partial charge is 0.389 e. The molecule has 3 heterocycles. The van der Waals surface area contributed by atoms with Crippen LogP contribution in [0.3, 0.4) is 0 Å². The maximum Gasteiger partial charge on any atom is 0.738 e. The number of rotatable bonds is 7. The van der Waals surface area contributed by atoms with Gasteiger partial charge in [0, 0.05) is 27.7 Å². The van der Waals surface area contributed by atoms with E-state index in [1.807, 2.05) is 0 Å². The standard InChI is InChI=1S/C65H33BF20N2/c67-60(68,69)41-18-6-34(7-19-41)47-30-51-53(32-49(47)36-10-22-43(23-11-36)62(73,74)75)58-55(38-4-2-1-3-5-38)59-54-33-50(37-12-24-44(25-13-37)63(76,77)78)48(35-8-20-42(21-9-35)61(70,71)72)31-52(54)57(40-16-28-46(29-17-40)65(82,83)84)88(59)66(85,86)87(58)56(51)39-14-26-45(27-15-39)64(79,80)81/h1-33H. The highest BCUT2D eigenvalue weighted by Crippen LogP contribution is 2.55. The van der Waals surface area contributed by atoms with Crippen LogP contribution in [-0.2, 0) is 37.1 Å². The third-order valence-electron chi connectivity index (χ3n) is 15.5. The zero-order valence-electron chi connectivity index (χ0n) is 44.1. The Hall–Kier alpha value is -9.41. The average molecular weight is 1230 g/mol. The fraction of sp³-hybridized carbons (Fsp3) is 0.0923. The highest BCUT2D eigenvalue weighted by atomic mass is 19.4. The third-order valence-corrected chi connectivity index (χ3v) is 15.5. The summed E-state index contributed by atoms with van der Waals surface area (Å²) in [5.74, 6) is 0. The first-order valence-electron chi connectivity index (χ1n) is 26.1. The first kappa shape index (κ1) is 59.0. The van der Waals surface area contributed by atoms with Gasteiger partial charge in [-0.3, -0.25) is 0 Å². The van der Waals surface area contributed by atoms with Gasteiger partial charge in [0.1, 0.15) is 0 Å². The number of hydrogen-bond donors (Lipinski definition) is 0. The van der Waals surface area contributed by atoms with Crippen molar-refractivity contribution < 1.29 is 92.1 Å². The summed E-state index contributed by atoms with van der Waals surface area (Å²) in [6, 6.07) is 32.2. The molecule has 2 aliphatic heterocycles. The van der Waals surface area contributed by atoms with E-state index in [1.54, 1.807) is 6.07 Å². The Morgan fingerprint density at radius 3 is 0.886 bits per heavy atom. The molecule has 0 unspecified atom stereocenters. The number of aromatic nitrogens is 1. The Kier molecular flexibility index (Phi) is 13.6. The molecule has 9 aromatic carbocycles. The zero-order chi connectivity index (χ0) is 63.0. The molecule has 0 fully saturated rings. The summed E-state index contributed by atoms with van der Waals surface area (Å²) in [5, 5.41) is -0.390. The Morgan fingerprint density at radius 2 is 0.557 bits per heavy atom. The van der Waals surface area contributed by atoms with Gasteiger partial charge in [0.15, 0.2) is 11.4 Å². The van der Waals surface area contributed by atoms with Crippen LogP contribution in [0.1, 0.15) is 61.3 Å². The molecule has 10 aromatic rings. The molecule has 88 heavy (non-hydrogen) atoms. The first-order chi connectivity index (χ1) is 41.2. The van der Waals surface area contributed by atoms with Crippen LogP contribution in [0.4, 0.5) is 87.7 Å². The molecule has 0 aliphatic carbocycles. The van der Waals surface area contributed by atoms with Gasteiger partial charge < -0.3 is 17.6 Å². The summed E-state index contributed by atoms with van der Waals surface area (Å²) in [7, 11) is 0. The predicted octanol–water partition coefficient (Wildman–Crippen LogP) is 21.1. The molecule has 0 spiro atoms. The molecule has 12 rings (SSSR count).